The predicted molar refractivity (Wildman–Crippen MR) is 98.8 cm³/mol. The minimum absolute atomic E-state index is 1.15. The van der Waals surface area contributed by atoms with E-state index >= 15 is 0 Å². The van der Waals surface area contributed by atoms with Crippen LogP contribution in [0, 0.1) is 0 Å². The van der Waals surface area contributed by atoms with Crippen molar-refractivity contribution in [3.63, 3.8) is 0 Å². The fourth-order valence-corrected chi connectivity index (χ4v) is 3.89. The Morgan fingerprint density at radius 1 is 0.682 bits per heavy atom. The van der Waals surface area contributed by atoms with Gasteiger partial charge in [0.25, 0.3) is 0 Å². The number of thioether (sulfide) groups is 1. The average molecular weight is 300 g/mol. The van der Waals surface area contributed by atoms with Crippen molar-refractivity contribution in [2.75, 3.05) is 5.75 Å². The molecular weight excluding hydrogens is 284 g/mol. The first-order chi connectivity index (χ1) is 10.9. The van der Waals surface area contributed by atoms with Crippen molar-refractivity contribution in [1.29, 1.82) is 0 Å². The van der Waals surface area contributed by atoms with Crippen molar-refractivity contribution in [1.82, 2.24) is 0 Å². The van der Waals surface area contributed by atoms with Crippen LogP contribution in [0.3, 0.4) is 0 Å². The standard InChI is InChI=1S/C11H8S.C10H8/c1-2-4-9-8(3-1)7-11-10(9)5-6-12-11;1-2-6-10-8-4-3-7-9(10)5-1/h1-5,7H,6H2;1-8H. The lowest BCUT2D eigenvalue weighted by molar-refractivity contribution is 1.61. The number of benzene rings is 3. The minimum atomic E-state index is 1.15. The van der Waals surface area contributed by atoms with Crippen molar-refractivity contribution in [2.45, 2.75) is 0 Å². The summed E-state index contributed by atoms with van der Waals surface area (Å²) in [6.07, 6.45) is 4.61. The van der Waals surface area contributed by atoms with Gasteiger partial charge in [0, 0.05) is 10.7 Å². The maximum absolute atomic E-state index is 2.32. The Hall–Kier alpha value is -2.25. The number of allylic oxidation sites excluding steroid dienone is 1. The molecule has 3 aromatic carbocycles. The lowest BCUT2D eigenvalue weighted by Crippen LogP contribution is -1.78. The summed E-state index contributed by atoms with van der Waals surface area (Å²) in [4.78, 5) is 1.45. The van der Waals surface area contributed by atoms with Gasteiger partial charge >= 0.3 is 0 Å². The first-order valence-electron chi connectivity index (χ1n) is 7.50. The van der Waals surface area contributed by atoms with E-state index in [9.17, 15) is 0 Å². The highest BCUT2D eigenvalue weighted by molar-refractivity contribution is 8.04. The lowest BCUT2D eigenvalue weighted by atomic mass is 10.1. The zero-order valence-corrected chi connectivity index (χ0v) is 13.0. The minimum Gasteiger partial charge on any atom is -0.121 e. The third kappa shape index (κ3) is 2.49. The molecule has 1 heterocycles. The van der Waals surface area contributed by atoms with Gasteiger partial charge in [-0.1, -0.05) is 78.9 Å². The summed E-state index contributed by atoms with van der Waals surface area (Å²) in [5.41, 5.74) is 4.25. The van der Waals surface area contributed by atoms with Crippen LogP contribution in [-0.4, -0.2) is 5.75 Å². The van der Waals surface area contributed by atoms with E-state index in [0.717, 1.165) is 5.75 Å². The second kappa shape index (κ2) is 5.86. The first-order valence-corrected chi connectivity index (χ1v) is 8.48. The van der Waals surface area contributed by atoms with Crippen LogP contribution in [0.2, 0.25) is 0 Å². The average Bonchev–Trinajstić information content (AvgIpc) is 3.16. The quantitative estimate of drug-likeness (QED) is 0.490. The maximum Gasteiger partial charge on any atom is 0.0170 e. The largest absolute Gasteiger partial charge is 0.121 e. The summed E-state index contributed by atoms with van der Waals surface area (Å²) in [5, 5.41) is 2.62. The Morgan fingerprint density at radius 2 is 1.27 bits per heavy atom. The zero-order chi connectivity index (χ0) is 14.8. The molecule has 2 aliphatic rings. The maximum atomic E-state index is 2.32. The summed E-state index contributed by atoms with van der Waals surface area (Å²) < 4.78 is 0. The number of fused-ring (bicyclic) bond motifs is 4. The Bertz CT molecular complexity index is 822. The van der Waals surface area contributed by atoms with Crippen LogP contribution >= 0.6 is 11.8 Å². The molecule has 0 nitrogen and oxygen atoms in total. The van der Waals surface area contributed by atoms with Gasteiger partial charge in [-0.05, 0) is 33.5 Å². The van der Waals surface area contributed by atoms with Crippen LogP contribution in [0.25, 0.3) is 22.4 Å². The van der Waals surface area contributed by atoms with E-state index in [1.54, 1.807) is 0 Å². The molecule has 22 heavy (non-hydrogen) atoms. The Balaban J connectivity index is 0.000000116. The van der Waals surface area contributed by atoms with Crippen LogP contribution < -0.4 is 0 Å². The lowest BCUT2D eigenvalue weighted by Gasteiger charge is -1.97. The van der Waals surface area contributed by atoms with Crippen molar-refractivity contribution < 1.29 is 0 Å². The molecule has 0 bridgehead atoms. The van der Waals surface area contributed by atoms with E-state index < -0.39 is 0 Å². The third-order valence-electron chi connectivity index (χ3n) is 3.99. The number of hydrogen-bond donors (Lipinski definition) is 0. The highest BCUT2D eigenvalue weighted by Gasteiger charge is 2.21. The summed E-state index contributed by atoms with van der Waals surface area (Å²) in [6, 6.07) is 25.3. The van der Waals surface area contributed by atoms with Crippen LogP contribution in [-0.2, 0) is 0 Å². The molecule has 0 saturated heterocycles. The molecule has 0 atom stereocenters. The topological polar surface area (TPSA) is 0 Å². The molecule has 0 fully saturated rings. The van der Waals surface area contributed by atoms with Crippen LogP contribution in [0.4, 0.5) is 0 Å². The SMILES string of the molecule is C1=C2SCC=C2c2ccccc21.c1ccc2ccccc2c1. The molecule has 0 aromatic heterocycles. The van der Waals surface area contributed by atoms with Gasteiger partial charge in [-0.3, -0.25) is 0 Å². The molecule has 0 amide bonds. The van der Waals surface area contributed by atoms with Crippen LogP contribution in [0.1, 0.15) is 11.1 Å². The van der Waals surface area contributed by atoms with Crippen LogP contribution in [0.5, 0.6) is 0 Å². The second-order valence-electron chi connectivity index (χ2n) is 5.37. The highest BCUT2D eigenvalue weighted by Crippen LogP contribution is 2.45. The zero-order valence-electron chi connectivity index (χ0n) is 12.2. The Labute approximate surface area is 135 Å². The van der Waals surface area contributed by atoms with E-state index in [0.29, 0.717) is 0 Å². The van der Waals surface area contributed by atoms with Gasteiger partial charge in [-0.25, -0.2) is 0 Å². The van der Waals surface area contributed by atoms with Crippen molar-refractivity contribution in [3.05, 3.63) is 94.9 Å². The Kier molecular flexibility index (Phi) is 3.57. The fourth-order valence-electron chi connectivity index (χ4n) is 2.90. The van der Waals surface area contributed by atoms with Gasteiger partial charge in [0.15, 0.2) is 0 Å². The van der Waals surface area contributed by atoms with E-state index in [1.807, 2.05) is 11.8 Å². The fraction of sp³-hybridized carbons (Fsp3) is 0.0476. The monoisotopic (exact) mass is 300 g/mol. The van der Waals surface area contributed by atoms with E-state index in [4.69, 9.17) is 0 Å². The first kappa shape index (κ1) is 13.4. The molecule has 106 valence electrons. The van der Waals surface area contributed by atoms with E-state index in [2.05, 4.69) is 84.9 Å². The molecule has 3 aromatic rings. The van der Waals surface area contributed by atoms with E-state index in [1.165, 1.54) is 32.4 Å². The molecule has 5 rings (SSSR count). The van der Waals surface area contributed by atoms with Gasteiger partial charge in [0.05, 0.1) is 0 Å². The van der Waals surface area contributed by atoms with Gasteiger partial charge in [-0.2, -0.15) is 0 Å². The molecule has 0 N–H and O–H groups in total. The Morgan fingerprint density at radius 3 is 1.95 bits per heavy atom. The predicted octanol–water partition coefficient (Wildman–Crippen LogP) is 6.01. The van der Waals surface area contributed by atoms with Gasteiger partial charge in [-0.15, -0.1) is 11.8 Å². The smallest absolute Gasteiger partial charge is 0.0170 e. The number of hydrogen-bond acceptors (Lipinski definition) is 1. The molecule has 1 heteroatoms. The van der Waals surface area contributed by atoms with Crippen molar-refractivity contribution in [3.8, 4) is 0 Å². The molecule has 0 spiro atoms. The van der Waals surface area contributed by atoms with Gasteiger partial charge in [0.2, 0.25) is 0 Å². The molecule has 0 saturated carbocycles. The van der Waals surface area contributed by atoms with Crippen molar-refractivity contribution in [2.24, 2.45) is 0 Å². The normalized spacial score (nSPS) is 14.5. The summed E-state index contributed by atoms with van der Waals surface area (Å²) >= 11 is 1.94. The van der Waals surface area contributed by atoms with Crippen molar-refractivity contribution >= 4 is 34.2 Å². The molecule has 0 unspecified atom stereocenters. The molecule has 1 aliphatic carbocycles. The summed E-state index contributed by atoms with van der Waals surface area (Å²) in [7, 11) is 0. The van der Waals surface area contributed by atoms with Gasteiger partial charge in [0.1, 0.15) is 0 Å². The molecule has 0 radical (unpaired) electrons. The molecule has 1 aliphatic heterocycles. The summed E-state index contributed by atoms with van der Waals surface area (Å²) in [6.45, 7) is 0. The second-order valence-corrected chi connectivity index (χ2v) is 6.43. The molecular formula is C21H16S. The number of rotatable bonds is 0. The summed E-state index contributed by atoms with van der Waals surface area (Å²) in [5.74, 6) is 1.15. The third-order valence-corrected chi connectivity index (χ3v) is 4.97. The highest BCUT2D eigenvalue weighted by atomic mass is 32.2. The van der Waals surface area contributed by atoms with E-state index in [-0.39, 0.29) is 0 Å². The van der Waals surface area contributed by atoms with Crippen LogP contribution in [0.15, 0.2) is 83.8 Å². The van der Waals surface area contributed by atoms with Gasteiger partial charge < -0.3 is 0 Å².